The topological polar surface area (TPSA) is 38.7 Å². The number of ether oxygens (including phenoxy) is 2. The average Bonchev–Trinajstić information content (AvgIpc) is 2.22. The van der Waals surface area contributed by atoms with Crippen LogP contribution < -0.4 is 9.47 Å². The molecule has 0 aliphatic rings. The zero-order valence-electron chi connectivity index (χ0n) is 10.9. The molecule has 0 saturated carbocycles. The maximum absolute atomic E-state index is 12.2. The molecule has 120 valence electrons. The largest absolute Gasteiger partial charge is 0.573 e. The van der Waals surface area contributed by atoms with E-state index in [1.54, 1.807) is 13.8 Å². The highest BCUT2D eigenvalue weighted by molar-refractivity contribution is 5.39. The van der Waals surface area contributed by atoms with Crippen molar-refractivity contribution in [3.8, 4) is 11.5 Å². The Balaban J connectivity index is 3.19. The van der Waals surface area contributed by atoms with Crippen LogP contribution in [0.2, 0.25) is 0 Å². The summed E-state index contributed by atoms with van der Waals surface area (Å²) in [5.74, 6) is -2.23. The van der Waals surface area contributed by atoms with Gasteiger partial charge in [-0.05, 0) is 23.6 Å². The lowest BCUT2D eigenvalue weighted by molar-refractivity contribution is -0.276. The van der Waals surface area contributed by atoms with Gasteiger partial charge in [-0.3, -0.25) is 0 Å². The van der Waals surface area contributed by atoms with E-state index in [2.05, 4.69) is 9.47 Å². The van der Waals surface area contributed by atoms with Gasteiger partial charge in [0.2, 0.25) is 0 Å². The summed E-state index contributed by atoms with van der Waals surface area (Å²) in [6.45, 7) is 3.10. The van der Waals surface area contributed by atoms with Crippen molar-refractivity contribution in [1.82, 2.24) is 0 Å². The van der Waals surface area contributed by atoms with E-state index in [9.17, 15) is 31.4 Å². The number of hydrogen-bond acceptors (Lipinski definition) is 3. The van der Waals surface area contributed by atoms with Crippen molar-refractivity contribution < 1.29 is 40.9 Å². The lowest BCUT2D eigenvalue weighted by atomic mass is 9.99. The Labute approximate surface area is 116 Å². The average molecular weight is 318 g/mol. The van der Waals surface area contributed by atoms with Gasteiger partial charge in [0.1, 0.15) is 11.5 Å². The van der Waals surface area contributed by atoms with Crippen molar-refractivity contribution in [2.24, 2.45) is 5.92 Å². The molecule has 0 aliphatic carbocycles. The molecule has 0 spiro atoms. The van der Waals surface area contributed by atoms with Crippen molar-refractivity contribution in [2.75, 3.05) is 0 Å². The van der Waals surface area contributed by atoms with Crippen LogP contribution in [-0.4, -0.2) is 17.8 Å². The first-order valence-electron chi connectivity index (χ1n) is 5.72. The van der Waals surface area contributed by atoms with E-state index in [1.807, 2.05) is 0 Å². The number of aliphatic hydroxyl groups is 1. The highest BCUT2D eigenvalue weighted by Gasteiger charge is 2.34. The van der Waals surface area contributed by atoms with E-state index in [0.29, 0.717) is 6.07 Å². The van der Waals surface area contributed by atoms with Gasteiger partial charge in [0, 0.05) is 6.07 Å². The fraction of sp³-hybridized carbons (Fsp3) is 0.500. The molecular weight excluding hydrogens is 306 g/mol. The first-order chi connectivity index (χ1) is 9.37. The number of hydrogen-bond donors (Lipinski definition) is 1. The van der Waals surface area contributed by atoms with Gasteiger partial charge in [-0.25, -0.2) is 0 Å². The molecule has 0 amide bonds. The fourth-order valence-electron chi connectivity index (χ4n) is 1.53. The van der Waals surface area contributed by atoms with E-state index in [-0.39, 0.29) is 5.56 Å². The summed E-state index contributed by atoms with van der Waals surface area (Å²) in [6, 6.07) is 2.06. The molecule has 1 N–H and O–H groups in total. The summed E-state index contributed by atoms with van der Waals surface area (Å²) in [4.78, 5) is 0. The number of benzene rings is 1. The molecule has 0 aromatic heterocycles. The maximum atomic E-state index is 12.2. The molecular formula is C12H12F6O3. The van der Waals surface area contributed by atoms with Crippen LogP contribution >= 0.6 is 0 Å². The lowest BCUT2D eigenvalue weighted by Crippen LogP contribution is -2.19. The Kier molecular flexibility index (Phi) is 4.98. The van der Waals surface area contributed by atoms with E-state index in [0.717, 1.165) is 12.1 Å². The second-order valence-corrected chi connectivity index (χ2v) is 4.52. The molecule has 3 nitrogen and oxygen atoms in total. The second-order valence-electron chi connectivity index (χ2n) is 4.52. The number of alkyl halides is 6. The van der Waals surface area contributed by atoms with Crippen molar-refractivity contribution in [2.45, 2.75) is 32.7 Å². The van der Waals surface area contributed by atoms with Crippen LogP contribution in [0.15, 0.2) is 18.2 Å². The van der Waals surface area contributed by atoms with Crippen molar-refractivity contribution in [3.63, 3.8) is 0 Å². The molecule has 0 fully saturated rings. The highest BCUT2D eigenvalue weighted by Crippen LogP contribution is 2.34. The maximum Gasteiger partial charge on any atom is 0.573 e. The molecule has 1 aromatic carbocycles. The Bertz CT molecular complexity index is 447. The minimum Gasteiger partial charge on any atom is -0.406 e. The summed E-state index contributed by atoms with van der Waals surface area (Å²) in [6.07, 6.45) is -11.4. The molecule has 0 saturated heterocycles. The Morgan fingerprint density at radius 2 is 1.24 bits per heavy atom. The van der Waals surface area contributed by atoms with Gasteiger partial charge in [0.25, 0.3) is 0 Å². The lowest BCUT2D eigenvalue weighted by Gasteiger charge is -2.18. The van der Waals surface area contributed by atoms with Crippen molar-refractivity contribution >= 4 is 0 Å². The normalized spacial score (nSPS) is 14.2. The monoisotopic (exact) mass is 318 g/mol. The van der Waals surface area contributed by atoms with E-state index in [4.69, 9.17) is 0 Å². The zero-order valence-corrected chi connectivity index (χ0v) is 10.9. The van der Waals surface area contributed by atoms with E-state index < -0.39 is 36.2 Å². The Morgan fingerprint density at radius 3 is 1.52 bits per heavy atom. The van der Waals surface area contributed by atoms with Gasteiger partial charge in [-0.15, -0.1) is 26.3 Å². The Hall–Kier alpha value is -1.64. The van der Waals surface area contributed by atoms with Crippen LogP contribution in [0.3, 0.4) is 0 Å². The molecule has 1 aromatic rings. The summed E-state index contributed by atoms with van der Waals surface area (Å²) in [5, 5.41) is 9.77. The number of halogens is 6. The molecule has 0 radical (unpaired) electrons. The highest BCUT2D eigenvalue weighted by atomic mass is 19.4. The third kappa shape index (κ3) is 6.11. The Morgan fingerprint density at radius 1 is 0.857 bits per heavy atom. The minimum atomic E-state index is -5.07. The van der Waals surface area contributed by atoms with Crippen LogP contribution in [-0.2, 0) is 0 Å². The van der Waals surface area contributed by atoms with Crippen LogP contribution in [0.4, 0.5) is 26.3 Å². The first kappa shape index (κ1) is 17.4. The van der Waals surface area contributed by atoms with Crippen LogP contribution in [0.25, 0.3) is 0 Å². The molecule has 0 heterocycles. The van der Waals surface area contributed by atoms with Gasteiger partial charge >= 0.3 is 12.7 Å². The third-order valence-corrected chi connectivity index (χ3v) is 2.34. The van der Waals surface area contributed by atoms with Gasteiger partial charge in [-0.1, -0.05) is 13.8 Å². The SMILES string of the molecule is CC(C)C(O)c1cc(OC(F)(F)F)cc(OC(F)(F)F)c1. The molecule has 1 rings (SSSR count). The smallest absolute Gasteiger partial charge is 0.406 e. The minimum absolute atomic E-state index is 0.175. The van der Waals surface area contributed by atoms with E-state index in [1.165, 1.54) is 0 Å². The van der Waals surface area contributed by atoms with Gasteiger partial charge in [0.15, 0.2) is 0 Å². The number of aliphatic hydroxyl groups excluding tert-OH is 1. The van der Waals surface area contributed by atoms with Crippen molar-refractivity contribution in [3.05, 3.63) is 23.8 Å². The van der Waals surface area contributed by atoms with Crippen LogP contribution in [0.1, 0.15) is 25.5 Å². The molecule has 0 bridgehead atoms. The fourth-order valence-corrected chi connectivity index (χ4v) is 1.53. The van der Waals surface area contributed by atoms with Gasteiger partial charge in [0.05, 0.1) is 6.10 Å². The van der Waals surface area contributed by atoms with Gasteiger partial charge in [-0.2, -0.15) is 0 Å². The van der Waals surface area contributed by atoms with E-state index >= 15 is 0 Å². The first-order valence-corrected chi connectivity index (χ1v) is 5.72. The summed E-state index contributed by atoms with van der Waals surface area (Å²) in [5.41, 5.74) is -0.175. The quantitative estimate of drug-likeness (QED) is 0.847. The molecule has 21 heavy (non-hydrogen) atoms. The second kappa shape index (κ2) is 6.00. The summed E-state index contributed by atoms with van der Waals surface area (Å²) < 4.78 is 80.1. The molecule has 1 unspecified atom stereocenters. The predicted molar refractivity (Wildman–Crippen MR) is 59.6 cm³/mol. The molecule has 0 aliphatic heterocycles. The summed E-state index contributed by atoms with van der Waals surface area (Å²) >= 11 is 0. The molecule has 1 atom stereocenters. The summed E-state index contributed by atoms with van der Waals surface area (Å²) in [7, 11) is 0. The van der Waals surface area contributed by atoms with Crippen LogP contribution in [0.5, 0.6) is 11.5 Å². The van der Waals surface area contributed by atoms with Gasteiger partial charge < -0.3 is 14.6 Å². The zero-order chi connectivity index (χ0) is 16.4. The van der Waals surface area contributed by atoms with Crippen LogP contribution in [0, 0.1) is 5.92 Å². The van der Waals surface area contributed by atoms with Crippen molar-refractivity contribution in [1.29, 1.82) is 0 Å². The number of rotatable bonds is 4. The standard InChI is InChI=1S/C12H12F6O3/c1-6(2)10(19)7-3-8(20-11(13,14)15)5-9(4-7)21-12(16,17)18/h3-6,10,19H,1-2H3. The molecule has 9 heteroatoms. The third-order valence-electron chi connectivity index (χ3n) is 2.34. The predicted octanol–water partition coefficient (Wildman–Crippen LogP) is 4.17.